The Kier molecular flexibility index (Phi) is 1.71. The molecule has 4 heteroatoms. The Balaban J connectivity index is 2.74. The molecule has 0 radical (unpaired) electrons. The molecule has 0 bridgehead atoms. The number of oxime groups is 1. The average molecular weight is 148 g/mol. The smallest absolute Gasteiger partial charge is 0.198 e. The Bertz CT molecular complexity index is 166. The third kappa shape index (κ3) is 1.05. The van der Waals surface area contributed by atoms with Gasteiger partial charge in [-0.05, 0) is 12.8 Å². The molecule has 0 amide bonds. The number of alkyl halides is 1. The molecule has 1 N–H and O–H groups in total. The lowest BCUT2D eigenvalue weighted by Gasteiger charge is -1.89. The predicted molar refractivity (Wildman–Crippen MR) is 33.1 cm³/mol. The molecule has 0 spiro atoms. The third-order valence-electron chi connectivity index (χ3n) is 1.32. The number of rotatable bonds is 0. The zero-order chi connectivity index (χ0) is 6.85. The van der Waals surface area contributed by atoms with Gasteiger partial charge in [-0.15, -0.1) is 11.6 Å². The maximum absolute atomic E-state index is 10.7. The molecule has 3 nitrogen and oxygen atoms in total. The first-order valence-electron chi connectivity index (χ1n) is 2.65. The van der Waals surface area contributed by atoms with Crippen LogP contribution < -0.4 is 0 Å². The van der Waals surface area contributed by atoms with Crippen LogP contribution in [-0.2, 0) is 4.79 Å². The van der Waals surface area contributed by atoms with Gasteiger partial charge in [0.1, 0.15) is 5.71 Å². The van der Waals surface area contributed by atoms with E-state index < -0.39 is 5.38 Å². The number of ketones is 1. The topological polar surface area (TPSA) is 49.7 Å². The molecule has 1 fully saturated rings. The molecule has 1 rings (SSSR count). The lowest BCUT2D eigenvalue weighted by atomic mass is 10.3. The highest BCUT2D eigenvalue weighted by molar-refractivity contribution is 6.53. The summed E-state index contributed by atoms with van der Waals surface area (Å²) in [5.41, 5.74) is 0.204. The number of nitrogens with zero attached hydrogens (tertiary/aromatic N) is 1. The minimum absolute atomic E-state index is 0.204. The summed E-state index contributed by atoms with van der Waals surface area (Å²) in [5, 5.41) is 10.5. The van der Waals surface area contributed by atoms with Gasteiger partial charge in [0.25, 0.3) is 0 Å². The average Bonchev–Trinajstić information content (AvgIpc) is 2.15. The van der Waals surface area contributed by atoms with Gasteiger partial charge in [-0.1, -0.05) is 5.16 Å². The van der Waals surface area contributed by atoms with E-state index in [1.54, 1.807) is 0 Å². The van der Waals surface area contributed by atoms with Crippen molar-refractivity contribution < 1.29 is 10.0 Å². The van der Waals surface area contributed by atoms with Gasteiger partial charge in [0.15, 0.2) is 5.78 Å². The normalized spacial score (nSPS) is 31.9. The number of carbonyl (C=O) groups is 1. The van der Waals surface area contributed by atoms with Gasteiger partial charge in [-0.3, -0.25) is 4.79 Å². The predicted octanol–water partition coefficient (Wildman–Crippen LogP) is 0.787. The second-order valence-electron chi connectivity index (χ2n) is 1.92. The fourth-order valence-corrected chi connectivity index (χ4v) is 1.03. The molecule has 1 unspecified atom stereocenters. The van der Waals surface area contributed by atoms with E-state index in [1.165, 1.54) is 0 Å². The number of halogens is 1. The van der Waals surface area contributed by atoms with Gasteiger partial charge in [-0.2, -0.15) is 0 Å². The third-order valence-corrected chi connectivity index (χ3v) is 1.74. The molecular weight excluding hydrogens is 142 g/mol. The lowest BCUT2D eigenvalue weighted by molar-refractivity contribution is -0.112. The number of Topliss-reactive ketones (excluding diaryl/α,β-unsaturated/α-hetero) is 1. The zero-order valence-electron chi connectivity index (χ0n) is 4.67. The van der Waals surface area contributed by atoms with Crippen molar-refractivity contribution in [3.8, 4) is 0 Å². The van der Waals surface area contributed by atoms with Gasteiger partial charge in [0.2, 0.25) is 0 Å². The van der Waals surface area contributed by atoms with Crippen LogP contribution in [0.2, 0.25) is 0 Å². The van der Waals surface area contributed by atoms with Crippen LogP contribution in [-0.4, -0.2) is 22.1 Å². The van der Waals surface area contributed by atoms with Crippen LogP contribution in [0.5, 0.6) is 0 Å². The minimum atomic E-state index is -0.462. The molecule has 0 heterocycles. The van der Waals surface area contributed by atoms with Crippen LogP contribution in [0.1, 0.15) is 12.8 Å². The van der Waals surface area contributed by atoms with Crippen molar-refractivity contribution in [2.24, 2.45) is 5.16 Å². The van der Waals surface area contributed by atoms with Crippen molar-refractivity contribution in [1.29, 1.82) is 0 Å². The van der Waals surface area contributed by atoms with E-state index >= 15 is 0 Å². The second-order valence-corrected chi connectivity index (χ2v) is 2.44. The van der Waals surface area contributed by atoms with E-state index in [9.17, 15) is 4.79 Å². The van der Waals surface area contributed by atoms with Gasteiger partial charge in [0, 0.05) is 0 Å². The largest absolute Gasteiger partial charge is 0.411 e. The first-order valence-corrected chi connectivity index (χ1v) is 3.08. The van der Waals surface area contributed by atoms with Crippen LogP contribution in [0.4, 0.5) is 0 Å². The van der Waals surface area contributed by atoms with Crippen molar-refractivity contribution in [2.45, 2.75) is 18.2 Å². The molecule has 1 saturated carbocycles. The van der Waals surface area contributed by atoms with E-state index in [0.29, 0.717) is 12.8 Å². The molecule has 1 aliphatic rings. The standard InChI is InChI=1S/C5H6ClNO2/c6-3-1-2-4(7-9)5(3)8/h3,9H,1-2H2/b7-4+. The van der Waals surface area contributed by atoms with Gasteiger partial charge < -0.3 is 5.21 Å². The summed E-state index contributed by atoms with van der Waals surface area (Å²) in [6.45, 7) is 0. The summed E-state index contributed by atoms with van der Waals surface area (Å²) in [7, 11) is 0. The molecular formula is C5H6ClNO2. The van der Waals surface area contributed by atoms with E-state index in [0.717, 1.165) is 0 Å². The Labute approximate surface area is 57.3 Å². The number of hydrogen-bond acceptors (Lipinski definition) is 3. The van der Waals surface area contributed by atoms with Crippen LogP contribution >= 0.6 is 11.6 Å². The van der Waals surface area contributed by atoms with E-state index in [-0.39, 0.29) is 11.5 Å². The molecule has 0 aromatic carbocycles. The van der Waals surface area contributed by atoms with Gasteiger partial charge in [0.05, 0.1) is 5.38 Å². The minimum Gasteiger partial charge on any atom is -0.411 e. The van der Waals surface area contributed by atoms with Crippen molar-refractivity contribution in [1.82, 2.24) is 0 Å². The van der Waals surface area contributed by atoms with E-state index in [2.05, 4.69) is 5.16 Å². The fourth-order valence-electron chi connectivity index (χ4n) is 0.798. The maximum atomic E-state index is 10.7. The van der Waals surface area contributed by atoms with E-state index in [4.69, 9.17) is 16.8 Å². The Hall–Kier alpha value is -0.570. The summed E-state index contributed by atoms with van der Waals surface area (Å²) in [6.07, 6.45) is 1.10. The first kappa shape index (κ1) is 6.55. The molecule has 0 aromatic rings. The van der Waals surface area contributed by atoms with Crippen LogP contribution in [0.25, 0.3) is 0 Å². The van der Waals surface area contributed by atoms with Crippen molar-refractivity contribution in [2.75, 3.05) is 0 Å². The van der Waals surface area contributed by atoms with Crippen molar-refractivity contribution in [3.63, 3.8) is 0 Å². The summed E-state index contributed by atoms with van der Waals surface area (Å²) < 4.78 is 0. The SMILES string of the molecule is O=C1/C(=N/O)CCC1Cl. The van der Waals surface area contributed by atoms with Crippen LogP contribution in [0.3, 0.4) is 0 Å². The van der Waals surface area contributed by atoms with Crippen molar-refractivity contribution >= 4 is 23.1 Å². The lowest BCUT2D eigenvalue weighted by Crippen LogP contribution is -2.12. The molecule has 0 aromatic heterocycles. The Morgan fingerprint density at radius 2 is 2.44 bits per heavy atom. The molecule has 1 aliphatic carbocycles. The van der Waals surface area contributed by atoms with Crippen LogP contribution in [0.15, 0.2) is 5.16 Å². The van der Waals surface area contributed by atoms with Gasteiger partial charge in [-0.25, -0.2) is 0 Å². The molecule has 0 saturated heterocycles. The quantitative estimate of drug-likeness (QED) is 0.313. The summed E-state index contributed by atoms with van der Waals surface area (Å²) in [4.78, 5) is 10.7. The van der Waals surface area contributed by atoms with Gasteiger partial charge >= 0.3 is 0 Å². The molecule has 0 aliphatic heterocycles. The number of hydrogen-bond donors (Lipinski definition) is 1. The summed E-state index contributed by atoms with van der Waals surface area (Å²) >= 11 is 5.49. The number of carbonyl (C=O) groups excluding carboxylic acids is 1. The van der Waals surface area contributed by atoms with Crippen LogP contribution in [0, 0.1) is 0 Å². The zero-order valence-corrected chi connectivity index (χ0v) is 5.43. The summed E-state index contributed by atoms with van der Waals surface area (Å²) in [6, 6.07) is 0. The monoisotopic (exact) mass is 147 g/mol. The summed E-state index contributed by atoms with van der Waals surface area (Å²) in [5.74, 6) is -0.237. The molecule has 50 valence electrons. The highest BCUT2D eigenvalue weighted by atomic mass is 35.5. The van der Waals surface area contributed by atoms with E-state index in [1.807, 2.05) is 0 Å². The highest BCUT2D eigenvalue weighted by Gasteiger charge is 2.28. The maximum Gasteiger partial charge on any atom is 0.198 e. The Morgan fingerprint density at radius 3 is 2.67 bits per heavy atom. The molecule has 9 heavy (non-hydrogen) atoms. The molecule has 1 atom stereocenters. The first-order chi connectivity index (χ1) is 4.25. The fraction of sp³-hybridized carbons (Fsp3) is 0.600. The highest BCUT2D eigenvalue weighted by Crippen LogP contribution is 2.17. The van der Waals surface area contributed by atoms with Crippen molar-refractivity contribution in [3.05, 3.63) is 0 Å². The second kappa shape index (κ2) is 2.35. The Morgan fingerprint density at radius 1 is 1.78 bits per heavy atom.